The third-order valence-corrected chi connectivity index (χ3v) is 11.1. The number of amides is 2. The molecule has 0 aromatic heterocycles. The van der Waals surface area contributed by atoms with Crippen LogP contribution < -0.4 is 4.90 Å². The number of hydrogen-bond acceptors (Lipinski definition) is 11. The molecule has 2 unspecified atom stereocenters. The predicted molar refractivity (Wildman–Crippen MR) is 188 cm³/mol. The molecule has 3 rings (SSSR count). The summed E-state index contributed by atoms with van der Waals surface area (Å²) in [7, 11) is -3.55. The van der Waals surface area contributed by atoms with Crippen LogP contribution >= 0.6 is 7.37 Å². The van der Waals surface area contributed by atoms with Gasteiger partial charge in [0.05, 0.1) is 19.5 Å². The largest absolute Gasteiger partial charge is 0.459 e. The first kappa shape index (κ1) is 39.5. The molecule has 2 amide bonds. The van der Waals surface area contributed by atoms with E-state index in [1.165, 1.54) is 0 Å². The molecule has 13 heteroatoms. The van der Waals surface area contributed by atoms with Crippen LogP contribution in [0.4, 0.5) is 15.3 Å². The van der Waals surface area contributed by atoms with Crippen LogP contribution in [0.3, 0.4) is 0 Å². The van der Waals surface area contributed by atoms with E-state index < -0.39 is 47.5 Å². The van der Waals surface area contributed by atoms with Crippen molar-refractivity contribution in [2.24, 2.45) is 4.99 Å². The minimum absolute atomic E-state index is 0.00898. The molecule has 0 saturated carbocycles. The number of rotatable bonds is 11. The summed E-state index contributed by atoms with van der Waals surface area (Å²) in [5.41, 5.74) is -0.337. The second-order valence-electron chi connectivity index (χ2n) is 15.5. The fourth-order valence-electron chi connectivity index (χ4n) is 5.71. The van der Waals surface area contributed by atoms with E-state index in [9.17, 15) is 18.9 Å². The lowest BCUT2D eigenvalue weighted by molar-refractivity contribution is -0.160. The minimum Gasteiger partial charge on any atom is -0.459 e. The van der Waals surface area contributed by atoms with Crippen LogP contribution in [-0.2, 0) is 34.6 Å². The van der Waals surface area contributed by atoms with Gasteiger partial charge in [-0.15, -0.1) is 0 Å². The Morgan fingerprint density at radius 2 is 1.46 bits per heavy atom. The maximum absolute atomic E-state index is 14.7. The zero-order chi connectivity index (χ0) is 36.0. The summed E-state index contributed by atoms with van der Waals surface area (Å²) in [5, 5.41) is -1.44. The Balaban J connectivity index is 1.86. The van der Waals surface area contributed by atoms with Crippen molar-refractivity contribution in [3.05, 3.63) is 29.8 Å². The molecule has 1 fully saturated rings. The zero-order valence-electron chi connectivity index (χ0n) is 30.7. The van der Waals surface area contributed by atoms with Crippen molar-refractivity contribution < 1.29 is 37.7 Å². The van der Waals surface area contributed by atoms with E-state index in [1.54, 1.807) is 69.2 Å². The summed E-state index contributed by atoms with van der Waals surface area (Å²) in [5.74, 6) is -0.559. The number of hydrogen-bond donors (Lipinski definition) is 0. The van der Waals surface area contributed by atoms with Crippen LogP contribution in [0.25, 0.3) is 0 Å². The number of imide groups is 1. The maximum atomic E-state index is 14.7. The molecule has 48 heavy (non-hydrogen) atoms. The van der Waals surface area contributed by atoms with Gasteiger partial charge in [0.15, 0.2) is 5.16 Å². The van der Waals surface area contributed by atoms with Gasteiger partial charge >= 0.3 is 18.2 Å². The molecular formula is C35H57N4O8P. The quantitative estimate of drug-likeness (QED) is 0.103. The zero-order valence-corrected chi connectivity index (χ0v) is 31.6. The van der Waals surface area contributed by atoms with Crippen molar-refractivity contribution in [1.82, 2.24) is 9.80 Å². The van der Waals surface area contributed by atoms with E-state index in [-0.39, 0.29) is 32.3 Å². The monoisotopic (exact) mass is 692 g/mol. The highest BCUT2D eigenvalue weighted by Gasteiger charge is 2.59. The van der Waals surface area contributed by atoms with Gasteiger partial charge < -0.3 is 23.6 Å². The average molecular weight is 693 g/mol. The van der Waals surface area contributed by atoms with Crippen molar-refractivity contribution in [3.8, 4) is 0 Å². The third-order valence-electron chi connectivity index (χ3n) is 7.78. The standard InChI is InChI=1S/C35H57N4O8P/c1-11-44-48(43)23-22-37(24-27-14-16-28(17-15-27)38-21-19-36-26-38)25-35(48,29(40)45-32(2,3)4)18-12-13-20-39(30(41)46-33(5,6)7)31(42)47-34(8,9)10/h14-17,26H,11-13,18-25H2,1-10H3. The van der Waals surface area contributed by atoms with E-state index >= 15 is 0 Å². The molecule has 2 aliphatic heterocycles. The number of ether oxygens (including phenoxy) is 3. The molecule has 2 aliphatic rings. The molecule has 0 spiro atoms. The number of carbonyl (C=O) groups excluding carboxylic acids is 3. The SMILES string of the molecule is CCOP1(=O)CCN(Cc2ccc(N3C=NCC3)cc2)CC1(CCCCN(C(=O)OC(C)(C)C)C(=O)OC(C)(C)C)C(=O)OC(C)(C)C. The molecule has 0 radical (unpaired) electrons. The van der Waals surface area contributed by atoms with Gasteiger partial charge in [0.1, 0.15) is 16.8 Å². The van der Waals surface area contributed by atoms with Crippen LogP contribution in [0, 0.1) is 0 Å². The van der Waals surface area contributed by atoms with Gasteiger partial charge in [0.25, 0.3) is 0 Å². The first-order valence-corrected chi connectivity index (χ1v) is 18.8. The number of benzene rings is 1. The van der Waals surface area contributed by atoms with Gasteiger partial charge in [0.2, 0.25) is 7.37 Å². The van der Waals surface area contributed by atoms with E-state index in [0.29, 0.717) is 25.9 Å². The third kappa shape index (κ3) is 11.0. The lowest BCUT2D eigenvalue weighted by atomic mass is 9.98. The molecule has 270 valence electrons. The number of aliphatic imine (C=N–C) groups is 1. The van der Waals surface area contributed by atoms with Crippen LogP contribution in [0.1, 0.15) is 94.1 Å². The summed E-state index contributed by atoms with van der Waals surface area (Å²) >= 11 is 0. The molecule has 0 aliphatic carbocycles. The number of esters is 1. The molecule has 1 aromatic rings. The first-order chi connectivity index (χ1) is 22.2. The molecule has 2 heterocycles. The number of unbranched alkanes of at least 4 members (excludes halogenated alkanes) is 1. The molecule has 1 aromatic carbocycles. The van der Waals surface area contributed by atoms with Gasteiger partial charge in [-0.05, 0) is 106 Å². The Hall–Kier alpha value is -2.95. The number of nitrogens with zero attached hydrogens (tertiary/aromatic N) is 4. The fourth-order valence-corrected chi connectivity index (χ4v) is 8.71. The van der Waals surface area contributed by atoms with Crippen molar-refractivity contribution in [1.29, 1.82) is 0 Å². The Morgan fingerprint density at radius 3 is 1.96 bits per heavy atom. The minimum atomic E-state index is -3.55. The molecule has 12 nitrogen and oxygen atoms in total. The molecular weight excluding hydrogens is 635 g/mol. The lowest BCUT2D eigenvalue weighted by Crippen LogP contribution is -2.56. The lowest BCUT2D eigenvalue weighted by Gasteiger charge is -2.46. The number of anilines is 1. The van der Waals surface area contributed by atoms with Crippen LogP contribution in [0.2, 0.25) is 0 Å². The summed E-state index contributed by atoms with van der Waals surface area (Å²) in [6.07, 6.45) is 1.27. The summed E-state index contributed by atoms with van der Waals surface area (Å²) < 4.78 is 37.7. The highest BCUT2D eigenvalue weighted by molar-refractivity contribution is 7.62. The van der Waals surface area contributed by atoms with Crippen LogP contribution in [0.15, 0.2) is 29.3 Å². The van der Waals surface area contributed by atoms with Crippen LogP contribution in [0.5, 0.6) is 0 Å². The summed E-state index contributed by atoms with van der Waals surface area (Å²) in [6, 6.07) is 8.25. The highest BCUT2D eigenvalue weighted by atomic mass is 31.2. The van der Waals surface area contributed by atoms with Gasteiger partial charge in [0, 0.05) is 44.6 Å². The summed E-state index contributed by atoms with van der Waals surface area (Å²) in [4.78, 5) is 49.8. The molecule has 2 atom stereocenters. The Labute approximate surface area is 286 Å². The van der Waals surface area contributed by atoms with E-state index in [4.69, 9.17) is 18.7 Å². The maximum Gasteiger partial charge on any atom is 0.419 e. The molecule has 1 saturated heterocycles. The number of carbonyl (C=O) groups is 3. The van der Waals surface area contributed by atoms with Gasteiger partial charge in [-0.25, -0.2) is 14.5 Å². The van der Waals surface area contributed by atoms with Crippen molar-refractivity contribution in [2.75, 3.05) is 50.4 Å². The molecule has 0 bridgehead atoms. The van der Waals surface area contributed by atoms with E-state index in [2.05, 4.69) is 39.1 Å². The van der Waals surface area contributed by atoms with Crippen molar-refractivity contribution in [3.63, 3.8) is 0 Å². The Kier molecular flexibility index (Phi) is 12.9. The first-order valence-electron chi connectivity index (χ1n) is 17.0. The van der Waals surface area contributed by atoms with E-state index in [1.807, 2.05) is 6.34 Å². The van der Waals surface area contributed by atoms with Crippen molar-refractivity contribution in [2.45, 2.75) is 117 Å². The van der Waals surface area contributed by atoms with E-state index in [0.717, 1.165) is 29.2 Å². The predicted octanol–water partition coefficient (Wildman–Crippen LogP) is 7.09. The van der Waals surface area contributed by atoms with Crippen molar-refractivity contribution >= 4 is 37.6 Å². The smallest absolute Gasteiger partial charge is 0.419 e. The summed E-state index contributed by atoms with van der Waals surface area (Å²) in [6.45, 7) is 20.5. The normalized spacial score (nSPS) is 22.0. The average Bonchev–Trinajstić information content (AvgIpc) is 3.47. The van der Waals surface area contributed by atoms with Crippen LogP contribution in [-0.4, -0.2) is 102 Å². The second-order valence-corrected chi connectivity index (χ2v) is 18.4. The topological polar surface area (TPSA) is 127 Å². The second kappa shape index (κ2) is 15.7. The van der Waals surface area contributed by atoms with Gasteiger partial charge in [-0.1, -0.05) is 12.1 Å². The van der Waals surface area contributed by atoms with Gasteiger partial charge in [-0.3, -0.25) is 19.3 Å². The van der Waals surface area contributed by atoms with Gasteiger partial charge in [-0.2, -0.15) is 0 Å². The Bertz CT molecular complexity index is 1320. The fraction of sp³-hybridized carbons (Fsp3) is 0.714. The Morgan fingerprint density at radius 1 is 0.875 bits per heavy atom. The molecule has 0 N–H and O–H groups in total. The highest BCUT2D eigenvalue weighted by Crippen LogP contribution is 2.64.